The summed E-state index contributed by atoms with van der Waals surface area (Å²) >= 11 is 0. The van der Waals surface area contributed by atoms with Gasteiger partial charge in [0, 0.05) is 24.3 Å². The topological polar surface area (TPSA) is 44.8 Å². The van der Waals surface area contributed by atoms with Crippen molar-refractivity contribution in [3.05, 3.63) is 59.4 Å². The monoisotopic (exact) mass is 330 g/mol. The van der Waals surface area contributed by atoms with Crippen LogP contribution in [-0.4, -0.2) is 19.7 Å². The van der Waals surface area contributed by atoms with Crippen molar-refractivity contribution < 1.29 is 23.4 Å². The number of methoxy groups -OCH3 is 1. The molecule has 24 heavy (non-hydrogen) atoms. The van der Waals surface area contributed by atoms with Gasteiger partial charge in [-0.3, -0.25) is 0 Å². The van der Waals surface area contributed by atoms with E-state index in [4.69, 9.17) is 14.2 Å². The summed E-state index contributed by atoms with van der Waals surface area (Å²) in [5.74, 6) is 0.476. The summed E-state index contributed by atoms with van der Waals surface area (Å²) in [5, 5.41) is 0. The number of aryl methyl sites for hydroxylation is 1. The molecular weight excluding hydrogens is 311 g/mol. The molecule has 4 nitrogen and oxygen atoms in total. The average Bonchev–Trinajstić information content (AvgIpc) is 2.53. The van der Waals surface area contributed by atoms with Gasteiger partial charge < -0.3 is 14.2 Å². The molecule has 5 heteroatoms. The van der Waals surface area contributed by atoms with Crippen LogP contribution in [0.4, 0.5) is 4.39 Å². The lowest BCUT2D eigenvalue weighted by molar-refractivity contribution is -0.137. The summed E-state index contributed by atoms with van der Waals surface area (Å²) in [6, 6.07) is 9.54. The number of benzene rings is 2. The van der Waals surface area contributed by atoms with Gasteiger partial charge in [-0.2, -0.15) is 0 Å². The predicted octanol–water partition coefficient (Wildman–Crippen LogP) is 4.51. The van der Waals surface area contributed by atoms with E-state index in [-0.39, 0.29) is 5.97 Å². The van der Waals surface area contributed by atoms with Gasteiger partial charge in [0.1, 0.15) is 23.1 Å². The first-order valence-corrected chi connectivity index (χ1v) is 7.49. The van der Waals surface area contributed by atoms with Crippen molar-refractivity contribution in [1.82, 2.24) is 0 Å². The Labute approximate surface area is 140 Å². The maximum atomic E-state index is 13.5. The smallest absolute Gasteiger partial charge is 0.330 e. The zero-order valence-electron chi connectivity index (χ0n) is 13.8. The SMILES string of the molecule is CCOC(=O)C=Cc1ccc(Oc2cc(F)cc(OC)c2)cc1C. The number of esters is 1. The number of hydrogen-bond acceptors (Lipinski definition) is 4. The van der Waals surface area contributed by atoms with Crippen LogP contribution in [-0.2, 0) is 9.53 Å². The Morgan fingerprint density at radius 1 is 1.12 bits per heavy atom. The number of carbonyl (C=O) groups is 1. The van der Waals surface area contributed by atoms with Gasteiger partial charge in [0.2, 0.25) is 0 Å². The van der Waals surface area contributed by atoms with Crippen molar-refractivity contribution in [2.75, 3.05) is 13.7 Å². The Hall–Kier alpha value is -2.82. The van der Waals surface area contributed by atoms with E-state index in [0.29, 0.717) is 23.9 Å². The molecule has 0 heterocycles. The highest BCUT2D eigenvalue weighted by Gasteiger charge is 2.05. The Bertz CT molecular complexity index is 753. The number of halogens is 1. The molecule has 0 N–H and O–H groups in total. The Kier molecular flexibility index (Phi) is 5.95. The van der Waals surface area contributed by atoms with E-state index in [9.17, 15) is 9.18 Å². The Morgan fingerprint density at radius 2 is 1.88 bits per heavy atom. The molecule has 2 aromatic carbocycles. The first-order valence-electron chi connectivity index (χ1n) is 7.49. The zero-order valence-corrected chi connectivity index (χ0v) is 13.8. The Balaban J connectivity index is 2.15. The van der Waals surface area contributed by atoms with E-state index in [1.54, 1.807) is 25.1 Å². The van der Waals surface area contributed by atoms with Crippen molar-refractivity contribution in [3.63, 3.8) is 0 Å². The third-order valence-electron chi connectivity index (χ3n) is 3.24. The van der Waals surface area contributed by atoms with E-state index in [1.807, 2.05) is 19.1 Å². The lowest BCUT2D eigenvalue weighted by atomic mass is 10.1. The minimum atomic E-state index is -0.435. The fourth-order valence-corrected chi connectivity index (χ4v) is 2.10. The van der Waals surface area contributed by atoms with Crippen molar-refractivity contribution in [1.29, 1.82) is 0 Å². The van der Waals surface area contributed by atoms with Gasteiger partial charge in [0.15, 0.2) is 0 Å². The van der Waals surface area contributed by atoms with Gasteiger partial charge in [-0.25, -0.2) is 9.18 Å². The van der Waals surface area contributed by atoms with Gasteiger partial charge in [-0.05, 0) is 43.2 Å². The van der Waals surface area contributed by atoms with Crippen LogP contribution in [0.3, 0.4) is 0 Å². The summed E-state index contributed by atoms with van der Waals surface area (Å²) < 4.78 is 29.0. The first-order chi connectivity index (χ1) is 11.5. The molecule has 0 spiro atoms. The highest BCUT2D eigenvalue weighted by molar-refractivity contribution is 5.87. The van der Waals surface area contributed by atoms with Crippen LogP contribution in [0.1, 0.15) is 18.1 Å². The van der Waals surface area contributed by atoms with Crippen LogP contribution in [0.25, 0.3) is 6.08 Å². The maximum Gasteiger partial charge on any atom is 0.330 e. The van der Waals surface area contributed by atoms with Crippen LogP contribution >= 0.6 is 0 Å². The second-order valence-electron chi connectivity index (χ2n) is 5.03. The van der Waals surface area contributed by atoms with Crippen molar-refractivity contribution >= 4 is 12.0 Å². The van der Waals surface area contributed by atoms with Crippen molar-refractivity contribution in [3.8, 4) is 17.2 Å². The molecule has 0 aliphatic carbocycles. The predicted molar refractivity (Wildman–Crippen MR) is 89.9 cm³/mol. The largest absolute Gasteiger partial charge is 0.497 e. The molecule has 2 aromatic rings. The van der Waals surface area contributed by atoms with E-state index in [1.165, 1.54) is 25.3 Å². The first kappa shape index (κ1) is 17.5. The van der Waals surface area contributed by atoms with E-state index in [2.05, 4.69) is 0 Å². The van der Waals surface area contributed by atoms with Crippen LogP contribution < -0.4 is 9.47 Å². The van der Waals surface area contributed by atoms with Gasteiger partial charge in [-0.15, -0.1) is 0 Å². The van der Waals surface area contributed by atoms with Gasteiger partial charge >= 0.3 is 5.97 Å². The Morgan fingerprint density at radius 3 is 2.54 bits per heavy atom. The third kappa shape index (κ3) is 4.84. The summed E-state index contributed by atoms with van der Waals surface area (Å²) in [5.41, 5.74) is 1.78. The van der Waals surface area contributed by atoms with Crippen LogP contribution in [0, 0.1) is 12.7 Å². The maximum absolute atomic E-state index is 13.5. The minimum Gasteiger partial charge on any atom is -0.497 e. The number of ether oxygens (including phenoxy) is 3. The molecular formula is C19H19FO4. The minimum absolute atomic E-state index is 0.339. The summed E-state index contributed by atoms with van der Waals surface area (Å²) in [4.78, 5) is 11.3. The van der Waals surface area contributed by atoms with Crippen LogP contribution in [0.15, 0.2) is 42.5 Å². The lowest BCUT2D eigenvalue weighted by Gasteiger charge is -2.09. The van der Waals surface area contributed by atoms with Gasteiger partial charge in [-0.1, -0.05) is 6.07 Å². The second-order valence-corrected chi connectivity index (χ2v) is 5.03. The van der Waals surface area contributed by atoms with Crippen LogP contribution in [0.2, 0.25) is 0 Å². The highest BCUT2D eigenvalue weighted by Crippen LogP contribution is 2.28. The lowest BCUT2D eigenvalue weighted by Crippen LogP contribution is -1.98. The molecule has 0 unspecified atom stereocenters. The summed E-state index contributed by atoms with van der Waals surface area (Å²) in [7, 11) is 1.47. The number of carbonyl (C=O) groups excluding carboxylic acids is 1. The molecule has 0 radical (unpaired) electrons. The van der Waals surface area contributed by atoms with E-state index >= 15 is 0 Å². The zero-order chi connectivity index (χ0) is 17.5. The van der Waals surface area contributed by atoms with Crippen LogP contribution in [0.5, 0.6) is 17.2 Å². The van der Waals surface area contributed by atoms with Crippen molar-refractivity contribution in [2.24, 2.45) is 0 Å². The molecule has 0 bridgehead atoms. The summed E-state index contributed by atoms with van der Waals surface area (Å²) in [6.45, 7) is 3.99. The normalized spacial score (nSPS) is 10.7. The van der Waals surface area contributed by atoms with Gasteiger partial charge in [0.05, 0.1) is 13.7 Å². The number of hydrogen-bond donors (Lipinski definition) is 0. The summed E-state index contributed by atoms with van der Waals surface area (Å²) in [6.07, 6.45) is 3.06. The molecule has 0 saturated heterocycles. The second kappa shape index (κ2) is 8.15. The molecule has 126 valence electrons. The molecule has 0 saturated carbocycles. The third-order valence-corrected chi connectivity index (χ3v) is 3.24. The molecule has 0 amide bonds. The molecule has 0 atom stereocenters. The fraction of sp³-hybridized carbons (Fsp3) is 0.211. The quantitative estimate of drug-likeness (QED) is 0.577. The van der Waals surface area contributed by atoms with E-state index in [0.717, 1.165) is 11.1 Å². The van der Waals surface area contributed by atoms with Gasteiger partial charge in [0.25, 0.3) is 0 Å². The fourth-order valence-electron chi connectivity index (χ4n) is 2.10. The number of rotatable bonds is 6. The standard InChI is InChI=1S/C19H19FO4/c1-4-23-19(21)8-6-14-5-7-16(9-13(14)2)24-18-11-15(20)10-17(12-18)22-3/h5-12H,4H2,1-3H3. The van der Waals surface area contributed by atoms with E-state index < -0.39 is 5.82 Å². The molecule has 0 aromatic heterocycles. The highest BCUT2D eigenvalue weighted by atomic mass is 19.1. The molecule has 0 aliphatic rings. The average molecular weight is 330 g/mol. The molecule has 0 fully saturated rings. The van der Waals surface area contributed by atoms with Crippen molar-refractivity contribution in [2.45, 2.75) is 13.8 Å². The molecule has 0 aliphatic heterocycles. The molecule has 2 rings (SSSR count).